The number of piperidine rings is 1. The summed E-state index contributed by atoms with van der Waals surface area (Å²) in [4.78, 5) is 11.1. The van der Waals surface area contributed by atoms with Crippen molar-refractivity contribution in [3.8, 4) is 0 Å². The van der Waals surface area contributed by atoms with Gasteiger partial charge in [-0.05, 0) is 18.8 Å². The van der Waals surface area contributed by atoms with Crippen molar-refractivity contribution in [3.63, 3.8) is 0 Å². The van der Waals surface area contributed by atoms with Crippen LogP contribution in [0.4, 0.5) is 0 Å². The summed E-state index contributed by atoms with van der Waals surface area (Å²) in [7, 11) is -3.54. The minimum atomic E-state index is -3.54. The first kappa shape index (κ1) is 17.4. The number of hydrogen-bond acceptors (Lipinski definition) is 3. The zero-order chi connectivity index (χ0) is 15.3. The molecule has 7 heteroatoms. The number of carbonyl (C=O) groups is 1. The highest BCUT2D eigenvalue weighted by atomic mass is 32.2. The maximum atomic E-state index is 12.6. The molecule has 0 aromatic rings. The van der Waals surface area contributed by atoms with E-state index in [2.05, 4.69) is 0 Å². The van der Waals surface area contributed by atoms with Crippen LogP contribution in [0.3, 0.4) is 0 Å². The van der Waals surface area contributed by atoms with E-state index in [4.69, 9.17) is 5.11 Å². The third-order valence-corrected chi connectivity index (χ3v) is 5.99. The Kier molecular flexibility index (Phi) is 6.42. The first-order chi connectivity index (χ1) is 9.32. The van der Waals surface area contributed by atoms with Gasteiger partial charge in [-0.1, -0.05) is 27.2 Å². The molecule has 1 saturated heterocycles. The molecule has 0 radical (unpaired) electrons. The molecule has 1 fully saturated rings. The van der Waals surface area contributed by atoms with Gasteiger partial charge in [-0.15, -0.1) is 0 Å². The largest absolute Gasteiger partial charge is 0.481 e. The Morgan fingerprint density at radius 1 is 1.45 bits per heavy atom. The van der Waals surface area contributed by atoms with Crippen LogP contribution in [0, 0.1) is 11.8 Å². The van der Waals surface area contributed by atoms with Crippen LogP contribution in [0.5, 0.6) is 0 Å². The number of carboxylic acid groups (broad SMARTS) is 1. The lowest BCUT2D eigenvalue weighted by molar-refractivity contribution is -0.142. The molecule has 1 aliphatic rings. The normalized spacial score (nSPS) is 22.9. The molecule has 0 amide bonds. The van der Waals surface area contributed by atoms with E-state index in [0.717, 1.165) is 6.42 Å². The molecule has 2 atom stereocenters. The Morgan fingerprint density at radius 2 is 2.10 bits per heavy atom. The fourth-order valence-corrected chi connectivity index (χ4v) is 4.20. The summed E-state index contributed by atoms with van der Waals surface area (Å²) in [5.74, 6) is -1.19. The summed E-state index contributed by atoms with van der Waals surface area (Å²) in [6.07, 6.45) is 2.08. The molecule has 6 nitrogen and oxygen atoms in total. The first-order valence-electron chi connectivity index (χ1n) is 7.30. The van der Waals surface area contributed by atoms with Gasteiger partial charge in [0.1, 0.15) is 0 Å². The maximum Gasteiger partial charge on any atom is 0.307 e. The average molecular weight is 306 g/mol. The van der Waals surface area contributed by atoms with Crippen molar-refractivity contribution in [1.82, 2.24) is 8.61 Å². The zero-order valence-electron chi connectivity index (χ0n) is 12.6. The van der Waals surface area contributed by atoms with E-state index in [9.17, 15) is 13.2 Å². The summed E-state index contributed by atoms with van der Waals surface area (Å²) < 4.78 is 28.0. The highest BCUT2D eigenvalue weighted by Crippen LogP contribution is 2.22. The Hall–Kier alpha value is -0.660. The second-order valence-electron chi connectivity index (χ2n) is 5.51. The van der Waals surface area contributed by atoms with E-state index in [-0.39, 0.29) is 6.54 Å². The van der Waals surface area contributed by atoms with Crippen LogP contribution < -0.4 is 0 Å². The molecule has 1 N–H and O–H groups in total. The smallest absolute Gasteiger partial charge is 0.307 e. The van der Waals surface area contributed by atoms with Gasteiger partial charge in [0.2, 0.25) is 0 Å². The van der Waals surface area contributed by atoms with E-state index >= 15 is 0 Å². The van der Waals surface area contributed by atoms with Gasteiger partial charge in [-0.25, -0.2) is 0 Å². The van der Waals surface area contributed by atoms with Gasteiger partial charge in [0, 0.05) is 26.2 Å². The minimum absolute atomic E-state index is 0.0919. The van der Waals surface area contributed by atoms with E-state index < -0.39 is 22.1 Å². The molecule has 0 aromatic heterocycles. The lowest BCUT2D eigenvalue weighted by Crippen LogP contribution is -2.50. The fraction of sp³-hybridized carbons (Fsp3) is 0.923. The molecule has 1 aliphatic heterocycles. The van der Waals surface area contributed by atoms with Gasteiger partial charge in [0.05, 0.1) is 5.92 Å². The highest BCUT2D eigenvalue weighted by molar-refractivity contribution is 7.86. The van der Waals surface area contributed by atoms with Crippen LogP contribution in [0.2, 0.25) is 0 Å². The quantitative estimate of drug-likeness (QED) is 0.771. The van der Waals surface area contributed by atoms with Gasteiger partial charge < -0.3 is 5.11 Å². The average Bonchev–Trinajstić information content (AvgIpc) is 2.44. The number of hydrogen-bond donors (Lipinski definition) is 1. The van der Waals surface area contributed by atoms with Crippen molar-refractivity contribution in [2.24, 2.45) is 11.8 Å². The molecule has 1 heterocycles. The predicted octanol–water partition coefficient (Wildman–Crippen LogP) is 1.40. The number of carboxylic acids is 1. The zero-order valence-corrected chi connectivity index (χ0v) is 13.4. The molecule has 0 bridgehead atoms. The van der Waals surface area contributed by atoms with Gasteiger partial charge in [-0.2, -0.15) is 17.0 Å². The van der Waals surface area contributed by atoms with Gasteiger partial charge in [0.25, 0.3) is 10.2 Å². The maximum absolute atomic E-state index is 12.6. The van der Waals surface area contributed by atoms with Crippen molar-refractivity contribution in [3.05, 3.63) is 0 Å². The predicted molar refractivity (Wildman–Crippen MR) is 77.6 cm³/mol. The summed E-state index contributed by atoms with van der Waals surface area (Å²) in [5, 5.41) is 9.07. The van der Waals surface area contributed by atoms with Crippen molar-refractivity contribution in [2.75, 3.05) is 26.2 Å². The number of rotatable bonds is 7. The van der Waals surface area contributed by atoms with Gasteiger partial charge in [-0.3, -0.25) is 4.79 Å². The Morgan fingerprint density at radius 3 is 2.60 bits per heavy atom. The van der Waals surface area contributed by atoms with Crippen LogP contribution in [-0.2, 0) is 15.0 Å². The summed E-state index contributed by atoms with van der Waals surface area (Å²) in [5.41, 5.74) is 0. The molecule has 1 rings (SSSR count). The monoisotopic (exact) mass is 306 g/mol. The van der Waals surface area contributed by atoms with E-state index in [1.165, 1.54) is 8.61 Å². The molecule has 2 unspecified atom stereocenters. The van der Waals surface area contributed by atoms with Gasteiger partial charge in [0.15, 0.2) is 0 Å². The molecule has 0 aromatic carbocycles. The van der Waals surface area contributed by atoms with Crippen LogP contribution in [0.15, 0.2) is 0 Å². The van der Waals surface area contributed by atoms with Crippen molar-refractivity contribution >= 4 is 16.2 Å². The van der Waals surface area contributed by atoms with Crippen molar-refractivity contribution in [1.29, 1.82) is 0 Å². The summed E-state index contributed by atoms with van der Waals surface area (Å²) in [6.45, 7) is 7.29. The first-order valence-corrected chi connectivity index (χ1v) is 8.70. The van der Waals surface area contributed by atoms with Crippen molar-refractivity contribution in [2.45, 2.75) is 40.0 Å². The summed E-state index contributed by atoms with van der Waals surface area (Å²) >= 11 is 0. The minimum Gasteiger partial charge on any atom is -0.481 e. The third kappa shape index (κ3) is 4.17. The Labute approximate surface area is 121 Å². The molecule has 118 valence electrons. The molecule has 0 spiro atoms. The molecular weight excluding hydrogens is 280 g/mol. The molecule has 20 heavy (non-hydrogen) atoms. The van der Waals surface area contributed by atoms with E-state index in [0.29, 0.717) is 38.4 Å². The Balaban J connectivity index is 2.82. The topological polar surface area (TPSA) is 77.9 Å². The second-order valence-corrected chi connectivity index (χ2v) is 7.44. The van der Waals surface area contributed by atoms with Crippen LogP contribution in [0.1, 0.15) is 40.0 Å². The number of aliphatic carboxylic acids is 1. The highest BCUT2D eigenvalue weighted by Gasteiger charge is 2.35. The second kappa shape index (κ2) is 7.38. The van der Waals surface area contributed by atoms with Crippen LogP contribution in [-0.4, -0.2) is 54.3 Å². The third-order valence-electron chi connectivity index (χ3n) is 3.95. The Bertz CT molecular complexity index is 424. The van der Waals surface area contributed by atoms with E-state index in [1.54, 1.807) is 0 Å². The molecular formula is C13H26N2O4S. The lowest BCUT2D eigenvalue weighted by atomic mass is 10.0. The molecule has 0 aliphatic carbocycles. The van der Waals surface area contributed by atoms with Crippen LogP contribution in [0.25, 0.3) is 0 Å². The fourth-order valence-electron chi connectivity index (χ4n) is 2.38. The summed E-state index contributed by atoms with van der Waals surface area (Å²) in [6, 6.07) is 0. The van der Waals surface area contributed by atoms with Crippen molar-refractivity contribution < 1.29 is 18.3 Å². The van der Waals surface area contributed by atoms with Crippen LogP contribution >= 0.6 is 0 Å². The molecule has 0 saturated carbocycles. The van der Waals surface area contributed by atoms with E-state index in [1.807, 2.05) is 20.8 Å². The van der Waals surface area contributed by atoms with Gasteiger partial charge >= 0.3 is 5.97 Å². The lowest BCUT2D eigenvalue weighted by Gasteiger charge is -2.34. The number of nitrogens with zero attached hydrogens (tertiary/aromatic N) is 2. The SMILES string of the molecule is CCC(C)CN(CC)S(=O)(=O)N1CCCC(C(=O)O)C1. The standard InChI is InChI=1S/C13H26N2O4S/c1-4-11(3)9-14(5-2)20(18,19)15-8-6-7-12(10-15)13(16)17/h11-12H,4-10H2,1-3H3,(H,16,17).